The fourth-order valence-corrected chi connectivity index (χ4v) is 3.56. The Balaban J connectivity index is 1.65. The van der Waals surface area contributed by atoms with Gasteiger partial charge in [0.05, 0.1) is 22.8 Å². The molecular weight excluding hydrogens is 358 g/mol. The summed E-state index contributed by atoms with van der Waals surface area (Å²) in [6.07, 6.45) is 4.74. The first-order chi connectivity index (χ1) is 12.2. The number of allylic oxidation sites excluding steroid dienone is 1. The van der Waals surface area contributed by atoms with Crippen molar-refractivity contribution in [3.05, 3.63) is 58.6 Å². The van der Waals surface area contributed by atoms with E-state index in [0.717, 1.165) is 10.5 Å². The van der Waals surface area contributed by atoms with Gasteiger partial charge in [-0.3, -0.25) is 9.20 Å². The molecular formula is C17H10ClN5OS. The van der Waals surface area contributed by atoms with E-state index in [1.54, 1.807) is 10.5 Å². The van der Waals surface area contributed by atoms with E-state index in [1.807, 2.05) is 41.9 Å². The summed E-state index contributed by atoms with van der Waals surface area (Å²) in [5, 5.41) is 11.6. The lowest BCUT2D eigenvalue weighted by Crippen LogP contribution is -2.09. The minimum Gasteiger partial charge on any atom is -0.340 e. The number of halogens is 1. The monoisotopic (exact) mass is 367 g/mol. The zero-order valence-corrected chi connectivity index (χ0v) is 14.3. The van der Waals surface area contributed by atoms with E-state index in [1.165, 1.54) is 17.4 Å². The largest absolute Gasteiger partial charge is 0.340 e. The molecule has 0 saturated carbocycles. The number of nitrogens with one attached hydrogen (secondary N) is 1. The topological polar surface area (TPSA) is 86.8 Å². The van der Waals surface area contributed by atoms with E-state index in [4.69, 9.17) is 11.6 Å². The number of nitrogens with zero attached hydrogens (tertiary/aromatic N) is 4. The molecule has 4 rings (SSSR count). The number of carbonyl (C=O) groups excluding carboxylic acids is 1. The van der Waals surface area contributed by atoms with Gasteiger partial charge in [-0.25, -0.2) is 9.97 Å². The molecule has 0 aliphatic rings. The van der Waals surface area contributed by atoms with Crippen LogP contribution < -0.4 is 0 Å². The van der Waals surface area contributed by atoms with Crippen molar-refractivity contribution in [1.82, 2.24) is 19.4 Å². The van der Waals surface area contributed by atoms with Gasteiger partial charge in [0, 0.05) is 11.6 Å². The molecule has 1 unspecified atom stereocenters. The van der Waals surface area contributed by atoms with Crippen LogP contribution in [-0.2, 0) is 4.79 Å². The first-order valence-electron chi connectivity index (χ1n) is 7.34. The first-order valence-corrected chi connectivity index (χ1v) is 8.60. The van der Waals surface area contributed by atoms with Gasteiger partial charge in [0.2, 0.25) is 0 Å². The Morgan fingerprint density at radius 1 is 1.40 bits per heavy atom. The van der Waals surface area contributed by atoms with Gasteiger partial charge in [-0.2, -0.15) is 5.26 Å². The van der Waals surface area contributed by atoms with Crippen LogP contribution in [-0.4, -0.2) is 25.1 Å². The molecule has 3 aromatic heterocycles. The zero-order valence-electron chi connectivity index (χ0n) is 12.7. The van der Waals surface area contributed by atoms with Gasteiger partial charge in [-0.05, 0) is 24.3 Å². The third kappa shape index (κ3) is 2.71. The molecule has 25 heavy (non-hydrogen) atoms. The van der Waals surface area contributed by atoms with Crippen molar-refractivity contribution in [2.45, 2.75) is 5.92 Å². The molecule has 122 valence electrons. The summed E-state index contributed by atoms with van der Waals surface area (Å²) in [5.74, 6) is -1.05. The van der Waals surface area contributed by atoms with E-state index >= 15 is 0 Å². The summed E-state index contributed by atoms with van der Waals surface area (Å²) in [7, 11) is 0. The summed E-state index contributed by atoms with van der Waals surface area (Å²) >= 11 is 7.55. The summed E-state index contributed by atoms with van der Waals surface area (Å²) in [6.45, 7) is 0. The molecule has 1 N–H and O–H groups in total. The van der Waals surface area contributed by atoms with Crippen LogP contribution in [0.3, 0.4) is 0 Å². The van der Waals surface area contributed by atoms with E-state index in [2.05, 4.69) is 15.0 Å². The molecule has 0 amide bonds. The van der Waals surface area contributed by atoms with Crippen molar-refractivity contribution in [2.24, 2.45) is 0 Å². The second kappa shape index (κ2) is 6.16. The third-order valence-corrected chi connectivity index (χ3v) is 4.79. The molecule has 1 aromatic carbocycles. The molecule has 0 fully saturated rings. The Kier molecular flexibility index (Phi) is 3.84. The Morgan fingerprint density at radius 3 is 3.04 bits per heavy atom. The number of ketones is 1. The van der Waals surface area contributed by atoms with E-state index in [9.17, 15) is 10.1 Å². The Morgan fingerprint density at radius 2 is 2.24 bits per heavy atom. The van der Waals surface area contributed by atoms with Gasteiger partial charge in [0.15, 0.2) is 21.8 Å². The lowest BCUT2D eigenvalue weighted by Gasteiger charge is -2.00. The van der Waals surface area contributed by atoms with Gasteiger partial charge >= 0.3 is 0 Å². The molecule has 6 nitrogen and oxygen atoms in total. The minimum atomic E-state index is -1.01. The van der Waals surface area contributed by atoms with E-state index in [0.29, 0.717) is 22.2 Å². The number of H-pyrrole nitrogens is 1. The maximum absolute atomic E-state index is 12.5. The SMILES string of the molecule is N#CC(C(=O)/C=C/c1c(Cl)nc2sccn12)c1nc2ccccc2[nH]1. The molecule has 0 aliphatic carbocycles. The number of aromatic nitrogens is 4. The van der Waals surface area contributed by atoms with Crippen molar-refractivity contribution in [2.75, 3.05) is 0 Å². The minimum absolute atomic E-state index is 0.313. The number of thiazole rings is 1. The van der Waals surface area contributed by atoms with E-state index < -0.39 is 5.92 Å². The number of hydrogen-bond donors (Lipinski definition) is 1. The lowest BCUT2D eigenvalue weighted by atomic mass is 10.0. The van der Waals surface area contributed by atoms with Gasteiger partial charge in [-0.15, -0.1) is 11.3 Å². The number of fused-ring (bicyclic) bond motifs is 2. The highest BCUT2D eigenvalue weighted by atomic mass is 35.5. The summed E-state index contributed by atoms with van der Waals surface area (Å²) in [5.41, 5.74) is 2.11. The highest BCUT2D eigenvalue weighted by Gasteiger charge is 2.22. The smallest absolute Gasteiger partial charge is 0.195 e. The fraction of sp³-hybridized carbons (Fsp3) is 0.0588. The Bertz CT molecular complexity index is 1130. The van der Waals surface area contributed by atoms with Crippen molar-refractivity contribution < 1.29 is 4.79 Å². The molecule has 1 atom stereocenters. The maximum Gasteiger partial charge on any atom is 0.195 e. The molecule has 0 radical (unpaired) electrons. The maximum atomic E-state index is 12.5. The van der Waals surface area contributed by atoms with Gasteiger partial charge in [0.1, 0.15) is 5.82 Å². The second-order valence-corrected chi connectivity index (χ2v) is 6.51. The fourth-order valence-electron chi connectivity index (χ4n) is 2.55. The number of aromatic amines is 1. The normalized spacial score (nSPS) is 12.8. The van der Waals surface area contributed by atoms with Crippen molar-refractivity contribution in [1.29, 1.82) is 5.26 Å². The number of nitriles is 1. The van der Waals surface area contributed by atoms with Crippen LogP contribution >= 0.6 is 22.9 Å². The number of benzene rings is 1. The summed E-state index contributed by atoms with van der Waals surface area (Å²) in [6, 6.07) is 9.39. The van der Waals surface area contributed by atoms with Crippen molar-refractivity contribution in [3.63, 3.8) is 0 Å². The predicted octanol–water partition coefficient (Wildman–Crippen LogP) is 3.82. The average Bonchev–Trinajstić information content (AvgIpc) is 3.28. The van der Waals surface area contributed by atoms with E-state index in [-0.39, 0.29) is 5.78 Å². The van der Waals surface area contributed by atoms with Crippen LogP contribution in [0.5, 0.6) is 0 Å². The van der Waals surface area contributed by atoms with Gasteiger partial charge < -0.3 is 4.98 Å². The van der Waals surface area contributed by atoms with Crippen LogP contribution in [0.15, 0.2) is 41.9 Å². The standard InChI is InChI=1S/C17H10ClN5OS/c18-15-13(23-7-8-25-17(23)22-15)5-6-14(24)10(9-19)16-20-11-3-1-2-4-12(11)21-16/h1-8,10H,(H,20,21)/b6-5+. The lowest BCUT2D eigenvalue weighted by molar-refractivity contribution is -0.114. The van der Waals surface area contributed by atoms with Crippen LogP contribution in [0.1, 0.15) is 17.4 Å². The summed E-state index contributed by atoms with van der Waals surface area (Å²) in [4.78, 5) is 24.8. The molecule has 8 heteroatoms. The second-order valence-electron chi connectivity index (χ2n) is 5.28. The van der Waals surface area contributed by atoms with Gasteiger partial charge in [-0.1, -0.05) is 23.7 Å². The van der Waals surface area contributed by atoms with Crippen LogP contribution in [0.25, 0.3) is 22.1 Å². The number of para-hydroxylation sites is 2. The predicted molar refractivity (Wildman–Crippen MR) is 96.6 cm³/mol. The summed E-state index contributed by atoms with van der Waals surface area (Å²) < 4.78 is 1.79. The number of carbonyl (C=O) groups is 1. The molecule has 0 spiro atoms. The quantitative estimate of drug-likeness (QED) is 0.555. The van der Waals surface area contributed by atoms with Crippen LogP contribution in [0.2, 0.25) is 5.15 Å². The third-order valence-electron chi connectivity index (χ3n) is 3.75. The van der Waals surface area contributed by atoms with Crippen LogP contribution in [0, 0.1) is 11.3 Å². The molecule has 0 aliphatic heterocycles. The number of hydrogen-bond acceptors (Lipinski definition) is 5. The zero-order chi connectivity index (χ0) is 17.4. The Hall–Kier alpha value is -2.95. The first kappa shape index (κ1) is 15.6. The van der Waals surface area contributed by atoms with Gasteiger partial charge in [0.25, 0.3) is 0 Å². The number of imidazole rings is 2. The Labute approximate surface area is 151 Å². The molecule has 4 aromatic rings. The van der Waals surface area contributed by atoms with Crippen molar-refractivity contribution >= 4 is 50.8 Å². The number of rotatable bonds is 4. The highest BCUT2D eigenvalue weighted by molar-refractivity contribution is 7.15. The molecule has 0 bridgehead atoms. The highest BCUT2D eigenvalue weighted by Crippen LogP contribution is 2.23. The molecule has 3 heterocycles. The average molecular weight is 368 g/mol. The van der Waals surface area contributed by atoms with Crippen molar-refractivity contribution in [3.8, 4) is 6.07 Å². The molecule has 0 saturated heterocycles. The van der Waals surface area contributed by atoms with Crippen LogP contribution in [0.4, 0.5) is 0 Å².